The average Bonchev–Trinajstić information content (AvgIpc) is 2.55. The highest BCUT2D eigenvalue weighted by atomic mass is 35.5. The van der Waals surface area contributed by atoms with Gasteiger partial charge in [0.15, 0.2) is 11.7 Å². The van der Waals surface area contributed by atoms with E-state index >= 15 is 0 Å². The summed E-state index contributed by atoms with van der Waals surface area (Å²) in [5.74, 6) is 0.521. The summed E-state index contributed by atoms with van der Waals surface area (Å²) < 4.78 is 5.02. The average molecular weight is 261 g/mol. The molecule has 0 saturated heterocycles. The minimum absolute atomic E-state index is 0. The first kappa shape index (κ1) is 15.2. The van der Waals surface area contributed by atoms with Gasteiger partial charge in [0.1, 0.15) is 11.4 Å². The largest absolute Gasteiger partial charge is 0.370 e. The third kappa shape index (κ3) is 2.88. The molecule has 4 N–H and O–H groups in total. The monoisotopic (exact) mass is 260 g/mol. The summed E-state index contributed by atoms with van der Waals surface area (Å²) in [4.78, 5) is 2.83. The van der Waals surface area contributed by atoms with Crippen molar-refractivity contribution in [2.45, 2.75) is 13.8 Å². The van der Waals surface area contributed by atoms with Gasteiger partial charge in [-0.1, -0.05) is 5.16 Å². The molecule has 0 saturated carbocycles. The summed E-state index contributed by atoms with van der Waals surface area (Å²) in [6.45, 7) is 3.57. The Morgan fingerprint density at radius 2 is 1.82 bits per heavy atom. The zero-order valence-electron chi connectivity index (χ0n) is 10.2. The topological polar surface area (TPSA) is 106 Å². The first-order valence-electron chi connectivity index (χ1n) is 4.69. The van der Waals surface area contributed by atoms with Gasteiger partial charge < -0.3 is 15.2 Å². The Bertz CT molecular complexity index is 410. The maximum atomic E-state index is 7.86. The highest BCUT2D eigenvalue weighted by Gasteiger charge is 2.20. The van der Waals surface area contributed by atoms with Crippen molar-refractivity contribution < 1.29 is 4.52 Å². The molecule has 0 bridgehead atoms. The molecule has 8 heteroatoms. The lowest BCUT2D eigenvalue weighted by Crippen LogP contribution is -2.46. The van der Waals surface area contributed by atoms with Crippen LogP contribution >= 0.6 is 12.4 Å². The fraction of sp³-hybridized carbons (Fsp3) is 0.444. The second kappa shape index (κ2) is 5.53. The summed E-state index contributed by atoms with van der Waals surface area (Å²) in [6, 6.07) is 0. The molecule has 96 valence electrons. The van der Waals surface area contributed by atoms with Crippen LogP contribution in [0.3, 0.4) is 0 Å². The predicted molar refractivity (Wildman–Crippen MR) is 69.0 cm³/mol. The number of rotatable bonds is 1. The lowest BCUT2D eigenvalue weighted by atomic mass is 10.3. The molecule has 0 unspecified atom stereocenters. The zero-order valence-corrected chi connectivity index (χ0v) is 11.1. The molecule has 0 spiro atoms. The molecule has 0 aromatic carbocycles. The Labute approximate surface area is 106 Å². The van der Waals surface area contributed by atoms with Gasteiger partial charge in [-0.15, -0.1) is 12.4 Å². The van der Waals surface area contributed by atoms with Crippen molar-refractivity contribution in [2.75, 3.05) is 19.0 Å². The van der Waals surface area contributed by atoms with Crippen LogP contribution in [0.4, 0.5) is 5.69 Å². The normalized spacial score (nSPS) is 9.41. The molecule has 0 fully saturated rings. The maximum absolute atomic E-state index is 7.86. The number of hydrogen-bond acceptors (Lipinski definition) is 4. The lowest BCUT2D eigenvalue weighted by Gasteiger charge is -2.26. The molecule has 0 radical (unpaired) electrons. The van der Waals surface area contributed by atoms with Crippen LogP contribution in [-0.4, -0.2) is 36.1 Å². The van der Waals surface area contributed by atoms with Crippen LogP contribution in [0.5, 0.6) is 0 Å². The van der Waals surface area contributed by atoms with Gasteiger partial charge in [-0.25, -0.2) is 0 Å². The fourth-order valence-electron chi connectivity index (χ4n) is 1.40. The summed E-state index contributed by atoms with van der Waals surface area (Å²) in [7, 11) is 3.26. The Balaban J connectivity index is 0.00000256. The SMILES string of the molecule is Cc1noc(C)c1N(C)C(=N)N(C)C(=N)N.Cl. The van der Waals surface area contributed by atoms with Crippen LogP contribution in [0.15, 0.2) is 4.52 Å². The summed E-state index contributed by atoms with van der Waals surface area (Å²) in [5, 5.41) is 18.9. The minimum atomic E-state index is -0.191. The third-order valence-electron chi connectivity index (χ3n) is 2.33. The van der Waals surface area contributed by atoms with E-state index in [9.17, 15) is 0 Å². The zero-order chi connectivity index (χ0) is 12.5. The number of nitrogens with zero attached hydrogens (tertiary/aromatic N) is 3. The van der Waals surface area contributed by atoms with E-state index in [2.05, 4.69) is 5.16 Å². The number of anilines is 1. The van der Waals surface area contributed by atoms with Gasteiger partial charge >= 0.3 is 0 Å². The van der Waals surface area contributed by atoms with E-state index in [4.69, 9.17) is 21.1 Å². The van der Waals surface area contributed by atoms with Crippen LogP contribution in [0, 0.1) is 24.7 Å². The van der Waals surface area contributed by atoms with Gasteiger partial charge in [-0.3, -0.25) is 15.7 Å². The van der Waals surface area contributed by atoms with Gasteiger partial charge in [0.2, 0.25) is 5.96 Å². The van der Waals surface area contributed by atoms with E-state index in [1.54, 1.807) is 32.8 Å². The smallest absolute Gasteiger partial charge is 0.204 e. The Kier molecular flexibility index (Phi) is 4.96. The Hall–Kier alpha value is -1.76. The van der Waals surface area contributed by atoms with E-state index < -0.39 is 0 Å². The van der Waals surface area contributed by atoms with Crippen molar-refractivity contribution in [2.24, 2.45) is 5.73 Å². The molecular formula is C9H17ClN6O. The number of guanidine groups is 2. The van der Waals surface area contributed by atoms with Crippen molar-refractivity contribution in [1.29, 1.82) is 10.8 Å². The lowest BCUT2D eigenvalue weighted by molar-refractivity contribution is 0.393. The predicted octanol–water partition coefficient (Wildman–Crippen LogP) is 0.909. The van der Waals surface area contributed by atoms with Crippen LogP contribution in [0.1, 0.15) is 11.5 Å². The van der Waals surface area contributed by atoms with Gasteiger partial charge in [0.05, 0.1) is 0 Å². The van der Waals surface area contributed by atoms with E-state index in [-0.39, 0.29) is 24.3 Å². The first-order chi connectivity index (χ1) is 7.36. The highest BCUT2D eigenvalue weighted by molar-refractivity contribution is 6.03. The molecular weight excluding hydrogens is 244 g/mol. The van der Waals surface area contributed by atoms with Gasteiger partial charge in [-0.2, -0.15) is 0 Å². The Morgan fingerprint density at radius 1 is 1.29 bits per heavy atom. The number of nitrogens with one attached hydrogen (secondary N) is 2. The van der Waals surface area contributed by atoms with Crippen LogP contribution in [0.25, 0.3) is 0 Å². The van der Waals surface area contributed by atoms with Gasteiger partial charge in [0, 0.05) is 14.1 Å². The second-order valence-electron chi connectivity index (χ2n) is 3.50. The Morgan fingerprint density at radius 3 is 2.18 bits per heavy atom. The number of hydrogen-bond donors (Lipinski definition) is 3. The van der Waals surface area contributed by atoms with Crippen molar-refractivity contribution >= 4 is 30.0 Å². The highest BCUT2D eigenvalue weighted by Crippen LogP contribution is 2.23. The molecule has 0 amide bonds. The van der Waals surface area contributed by atoms with E-state index in [1.165, 1.54) is 4.90 Å². The van der Waals surface area contributed by atoms with E-state index in [1.807, 2.05) is 0 Å². The van der Waals surface area contributed by atoms with Gasteiger partial charge in [0.25, 0.3) is 0 Å². The van der Waals surface area contributed by atoms with Crippen LogP contribution in [-0.2, 0) is 0 Å². The molecule has 0 aliphatic rings. The van der Waals surface area contributed by atoms with Crippen LogP contribution < -0.4 is 10.6 Å². The molecule has 0 aliphatic heterocycles. The molecule has 1 aromatic heterocycles. The van der Waals surface area contributed by atoms with Crippen LogP contribution in [0.2, 0.25) is 0 Å². The third-order valence-corrected chi connectivity index (χ3v) is 2.33. The second-order valence-corrected chi connectivity index (χ2v) is 3.50. The number of aryl methyl sites for hydroxylation is 2. The van der Waals surface area contributed by atoms with Crippen molar-refractivity contribution in [3.8, 4) is 0 Å². The fourth-order valence-corrected chi connectivity index (χ4v) is 1.40. The van der Waals surface area contributed by atoms with Gasteiger partial charge in [-0.05, 0) is 13.8 Å². The molecule has 0 atom stereocenters. The van der Waals surface area contributed by atoms with Crippen molar-refractivity contribution in [3.63, 3.8) is 0 Å². The molecule has 1 aromatic rings. The maximum Gasteiger partial charge on any atom is 0.204 e. The molecule has 17 heavy (non-hydrogen) atoms. The summed E-state index contributed by atoms with van der Waals surface area (Å²) in [5.41, 5.74) is 6.72. The molecule has 7 nitrogen and oxygen atoms in total. The standard InChI is InChI=1S/C9H16N6O.ClH/c1-5-7(6(2)16-13-5)14(3)9(12)15(4)8(10)11;/h12H,1-4H3,(H3,10,11);1H. The quantitative estimate of drug-likeness (QED) is 0.514. The number of nitrogens with two attached hydrogens (primary N) is 1. The number of halogens is 1. The van der Waals surface area contributed by atoms with Crippen molar-refractivity contribution in [3.05, 3.63) is 11.5 Å². The molecule has 1 heterocycles. The van der Waals surface area contributed by atoms with E-state index in [0.29, 0.717) is 11.5 Å². The molecule has 1 rings (SSSR count). The van der Waals surface area contributed by atoms with E-state index in [0.717, 1.165) is 5.69 Å². The number of aromatic nitrogens is 1. The first-order valence-corrected chi connectivity index (χ1v) is 4.69. The summed E-state index contributed by atoms with van der Waals surface area (Å²) >= 11 is 0. The summed E-state index contributed by atoms with van der Waals surface area (Å²) in [6.07, 6.45) is 0. The minimum Gasteiger partial charge on any atom is -0.370 e. The van der Waals surface area contributed by atoms with Crippen molar-refractivity contribution in [1.82, 2.24) is 10.1 Å². The molecule has 0 aliphatic carbocycles.